The first kappa shape index (κ1) is 21.4. The number of primary amides is 1. The van der Waals surface area contributed by atoms with Gasteiger partial charge in [0.25, 0.3) is 23.3 Å². The molecule has 0 spiro atoms. The van der Waals surface area contributed by atoms with E-state index in [1.807, 2.05) is 0 Å². The number of pyridine rings is 1. The van der Waals surface area contributed by atoms with Gasteiger partial charge < -0.3 is 16.2 Å². The van der Waals surface area contributed by atoms with Crippen molar-refractivity contribution in [1.82, 2.24) is 14.8 Å². The molecule has 0 bridgehead atoms. The van der Waals surface area contributed by atoms with E-state index in [2.05, 4.69) is 5.32 Å². The second kappa shape index (κ2) is 7.97. The molecule has 0 radical (unpaired) electrons. The summed E-state index contributed by atoms with van der Waals surface area (Å²) >= 11 is 0. The van der Waals surface area contributed by atoms with Crippen molar-refractivity contribution < 1.29 is 24.3 Å². The van der Waals surface area contributed by atoms with Crippen LogP contribution in [0.15, 0.2) is 33.8 Å². The largest absolute Gasteiger partial charge is 0.494 e. The number of aromatic nitrogens is 1. The zero-order chi connectivity index (χ0) is 22.0. The van der Waals surface area contributed by atoms with Gasteiger partial charge in [0.2, 0.25) is 12.3 Å². The summed E-state index contributed by atoms with van der Waals surface area (Å²) in [5.74, 6) is -2.66. The molecule has 0 unspecified atom stereocenters. The number of amides is 4. The number of rotatable bonds is 5. The molecule has 4 amide bonds. The lowest BCUT2D eigenvalue weighted by Crippen LogP contribution is -2.43. The molecule has 29 heavy (non-hydrogen) atoms. The van der Waals surface area contributed by atoms with E-state index in [4.69, 9.17) is 5.73 Å². The number of likely N-dealkylation sites (N-methyl/N-ethyl adjacent to an activating group) is 1. The van der Waals surface area contributed by atoms with E-state index in [1.165, 1.54) is 46.2 Å². The first-order valence-corrected chi connectivity index (χ1v) is 8.39. The molecule has 1 aliphatic heterocycles. The van der Waals surface area contributed by atoms with Crippen LogP contribution in [-0.2, 0) is 21.4 Å². The van der Waals surface area contributed by atoms with Crippen LogP contribution in [0, 0.1) is 6.92 Å². The van der Waals surface area contributed by atoms with Crippen LogP contribution >= 0.6 is 0 Å². The van der Waals surface area contributed by atoms with Gasteiger partial charge in [0.15, 0.2) is 0 Å². The lowest BCUT2D eigenvalue weighted by Gasteiger charge is -2.25. The molecule has 0 aromatic carbocycles. The number of nitrogens with zero attached hydrogens (tertiary/aromatic N) is 2. The van der Waals surface area contributed by atoms with E-state index < -0.39 is 29.2 Å². The molecule has 10 heteroatoms. The Hall–Kier alpha value is -3.95. The monoisotopic (exact) mass is 400 g/mol. The molecule has 1 aromatic heterocycles. The quantitative estimate of drug-likeness (QED) is 0.343. The number of allylic oxidation sites excluding steroid dienone is 2. The van der Waals surface area contributed by atoms with Gasteiger partial charge in [-0.25, -0.2) is 0 Å². The van der Waals surface area contributed by atoms with Gasteiger partial charge >= 0.3 is 0 Å². The van der Waals surface area contributed by atoms with Crippen molar-refractivity contribution >= 4 is 30.2 Å². The summed E-state index contributed by atoms with van der Waals surface area (Å²) in [6, 6.07) is 0. The highest BCUT2D eigenvalue weighted by Gasteiger charge is 2.32. The Kier molecular flexibility index (Phi) is 5.87. The summed E-state index contributed by atoms with van der Waals surface area (Å²) in [4.78, 5) is 60.2. The SMILES string of the molecule is CC1=C(NC=O)C(=O)N(C)C(=O)C1=CC=Cc1c(C)c(C(N)=O)c(O)n(C)c1=O. The molecule has 2 rings (SSSR count). The average Bonchev–Trinajstić information content (AvgIpc) is 2.66. The maximum absolute atomic E-state index is 12.4. The van der Waals surface area contributed by atoms with Crippen molar-refractivity contribution in [3.63, 3.8) is 0 Å². The Bertz CT molecular complexity index is 1090. The molecular formula is C19H20N4O6. The smallest absolute Gasteiger partial charge is 0.277 e. The number of imide groups is 1. The summed E-state index contributed by atoms with van der Waals surface area (Å²) in [7, 11) is 2.56. The van der Waals surface area contributed by atoms with Crippen LogP contribution in [-0.4, -0.2) is 45.8 Å². The normalized spacial score (nSPS) is 16.1. The van der Waals surface area contributed by atoms with Crippen LogP contribution in [0.2, 0.25) is 0 Å². The van der Waals surface area contributed by atoms with Crippen LogP contribution in [0.1, 0.15) is 28.4 Å². The number of carbonyl (C=O) groups excluding carboxylic acids is 4. The molecule has 0 aliphatic carbocycles. The number of carbonyl (C=O) groups is 4. The lowest BCUT2D eigenvalue weighted by molar-refractivity contribution is -0.139. The van der Waals surface area contributed by atoms with Crippen LogP contribution < -0.4 is 16.6 Å². The third-order valence-corrected chi connectivity index (χ3v) is 4.66. The fourth-order valence-electron chi connectivity index (χ4n) is 2.96. The highest BCUT2D eigenvalue weighted by atomic mass is 16.3. The molecule has 0 saturated heterocycles. The van der Waals surface area contributed by atoms with Gasteiger partial charge in [-0.15, -0.1) is 0 Å². The zero-order valence-electron chi connectivity index (χ0n) is 16.3. The molecule has 152 valence electrons. The molecule has 0 fully saturated rings. The predicted molar refractivity (Wildman–Crippen MR) is 103 cm³/mol. The van der Waals surface area contributed by atoms with Crippen molar-refractivity contribution in [2.45, 2.75) is 13.8 Å². The van der Waals surface area contributed by atoms with Crippen molar-refractivity contribution in [3.8, 4) is 5.88 Å². The highest BCUT2D eigenvalue weighted by Crippen LogP contribution is 2.24. The van der Waals surface area contributed by atoms with Crippen molar-refractivity contribution in [3.05, 3.63) is 56.0 Å². The fraction of sp³-hybridized carbons (Fsp3) is 0.211. The van der Waals surface area contributed by atoms with Gasteiger partial charge in [0.1, 0.15) is 11.3 Å². The number of nitrogens with one attached hydrogen (secondary N) is 1. The molecule has 0 atom stereocenters. The Labute approximate surface area is 165 Å². The number of aromatic hydroxyl groups is 1. The van der Waals surface area contributed by atoms with E-state index in [0.717, 1.165) is 9.47 Å². The van der Waals surface area contributed by atoms with Crippen LogP contribution in [0.3, 0.4) is 0 Å². The van der Waals surface area contributed by atoms with E-state index in [1.54, 1.807) is 0 Å². The average molecular weight is 400 g/mol. The summed E-state index contributed by atoms with van der Waals surface area (Å²) < 4.78 is 0.884. The van der Waals surface area contributed by atoms with Crippen LogP contribution in [0.5, 0.6) is 5.88 Å². The van der Waals surface area contributed by atoms with E-state index >= 15 is 0 Å². The van der Waals surface area contributed by atoms with Crippen molar-refractivity contribution in [1.29, 1.82) is 0 Å². The summed E-state index contributed by atoms with van der Waals surface area (Å²) in [5.41, 5.74) is 5.17. The Balaban J connectivity index is 2.60. The van der Waals surface area contributed by atoms with Crippen molar-refractivity contribution in [2.24, 2.45) is 12.8 Å². The number of nitrogens with two attached hydrogens (primary N) is 1. The zero-order valence-corrected chi connectivity index (χ0v) is 16.3. The molecular weight excluding hydrogens is 380 g/mol. The second-order valence-electron chi connectivity index (χ2n) is 6.34. The van der Waals surface area contributed by atoms with Gasteiger partial charge in [0, 0.05) is 25.2 Å². The van der Waals surface area contributed by atoms with E-state index in [9.17, 15) is 29.1 Å². The maximum Gasteiger partial charge on any atom is 0.277 e. The maximum atomic E-state index is 12.4. The predicted octanol–water partition coefficient (Wildman–Crippen LogP) is -0.544. The van der Waals surface area contributed by atoms with Gasteiger partial charge in [-0.05, 0) is 37.1 Å². The highest BCUT2D eigenvalue weighted by molar-refractivity contribution is 6.16. The molecule has 2 heterocycles. The van der Waals surface area contributed by atoms with Crippen LogP contribution in [0.25, 0.3) is 6.08 Å². The molecule has 1 aromatic rings. The first-order chi connectivity index (χ1) is 13.5. The number of hydrogen-bond acceptors (Lipinski definition) is 6. The van der Waals surface area contributed by atoms with Crippen molar-refractivity contribution in [2.75, 3.05) is 7.05 Å². The van der Waals surface area contributed by atoms with Gasteiger partial charge in [-0.3, -0.25) is 33.4 Å². The second-order valence-corrected chi connectivity index (χ2v) is 6.34. The minimum Gasteiger partial charge on any atom is -0.494 e. The van der Waals surface area contributed by atoms with E-state index in [0.29, 0.717) is 6.41 Å². The van der Waals surface area contributed by atoms with E-state index in [-0.39, 0.29) is 33.5 Å². The lowest BCUT2D eigenvalue weighted by atomic mass is 9.98. The Morgan fingerprint density at radius 2 is 1.76 bits per heavy atom. The number of hydrogen-bond donors (Lipinski definition) is 3. The third-order valence-electron chi connectivity index (χ3n) is 4.66. The summed E-state index contributed by atoms with van der Waals surface area (Å²) in [5, 5.41) is 12.3. The minimum atomic E-state index is -0.894. The Morgan fingerprint density at radius 3 is 2.31 bits per heavy atom. The topological polar surface area (TPSA) is 152 Å². The minimum absolute atomic E-state index is 0.0329. The van der Waals surface area contributed by atoms with Gasteiger partial charge in [-0.2, -0.15) is 0 Å². The Morgan fingerprint density at radius 1 is 1.14 bits per heavy atom. The fourth-order valence-corrected chi connectivity index (χ4v) is 2.96. The third kappa shape index (κ3) is 3.59. The summed E-state index contributed by atoms with van der Waals surface area (Å²) in [6.45, 7) is 2.97. The summed E-state index contributed by atoms with van der Waals surface area (Å²) in [6.07, 6.45) is 4.47. The first-order valence-electron chi connectivity index (χ1n) is 8.39. The molecule has 0 saturated carbocycles. The van der Waals surface area contributed by atoms with Gasteiger partial charge in [-0.1, -0.05) is 6.08 Å². The molecule has 1 aliphatic rings. The van der Waals surface area contributed by atoms with Crippen LogP contribution in [0.4, 0.5) is 0 Å². The standard InChI is InChI=1S/C19H20N4O6/c1-9-11(16(26)22(3)18(28)13(9)15(20)25)6-5-7-12-10(2)14(21-8-24)19(29)23(4)17(12)27/h5-8,28H,1-4H3,(H2,20,25)(H,21,24). The molecule has 4 N–H and O–H groups in total. The molecule has 10 nitrogen and oxygen atoms in total. The van der Waals surface area contributed by atoms with Gasteiger partial charge in [0.05, 0.1) is 0 Å².